The Morgan fingerprint density at radius 3 is 2.24 bits per heavy atom. The topological polar surface area (TPSA) is 70.9 Å². The number of phenols is 1. The maximum atomic E-state index is 12.5. The number of rotatable bonds is 6. The first kappa shape index (κ1) is 22.9. The van der Waals surface area contributed by atoms with E-state index in [4.69, 9.17) is 39.5 Å². The molecule has 4 aromatic carbocycles. The van der Waals surface area contributed by atoms with Crippen LogP contribution in [-0.4, -0.2) is 17.2 Å². The Labute approximate surface area is 205 Å². The largest absolute Gasteiger partial charge is 0.507 e. The second-order valence-corrected chi connectivity index (χ2v) is 8.40. The number of aromatic hydroxyl groups is 1. The number of halogens is 3. The van der Waals surface area contributed by atoms with Crippen LogP contribution in [-0.2, 0) is 6.61 Å². The molecule has 0 aliphatic carbocycles. The molecule has 0 fully saturated rings. The molecule has 4 rings (SSSR count). The third-order valence-corrected chi connectivity index (χ3v) is 5.62. The standard InChI is InChI=1S/C25H17Cl3N2O3/c26-19-7-5-15(6-8-19)14-33-24-21(27)9-16(10-22(24)28)13-29-30-25(32)20-11-17-3-1-2-4-18(17)12-23(20)31/h1-13,31H,14H2,(H,30,32). The fraction of sp³-hybridized carbons (Fsp3) is 0.0400. The van der Waals surface area contributed by atoms with E-state index in [1.165, 1.54) is 12.3 Å². The highest BCUT2D eigenvalue weighted by molar-refractivity contribution is 6.37. The van der Waals surface area contributed by atoms with Gasteiger partial charge >= 0.3 is 0 Å². The van der Waals surface area contributed by atoms with Gasteiger partial charge in [0.1, 0.15) is 12.4 Å². The third-order valence-electron chi connectivity index (χ3n) is 4.81. The molecule has 0 atom stereocenters. The Kier molecular flexibility index (Phi) is 7.04. The van der Waals surface area contributed by atoms with Crippen LogP contribution in [0.2, 0.25) is 15.1 Å². The second-order valence-electron chi connectivity index (χ2n) is 7.14. The summed E-state index contributed by atoms with van der Waals surface area (Å²) in [5, 5.41) is 17.0. The Bertz CT molecular complexity index is 1330. The molecular weight excluding hydrogens is 483 g/mol. The van der Waals surface area contributed by atoms with Crippen molar-refractivity contribution >= 4 is 57.7 Å². The molecule has 0 aliphatic rings. The number of hydrogen-bond acceptors (Lipinski definition) is 4. The number of amides is 1. The number of benzene rings is 4. The van der Waals surface area contributed by atoms with Gasteiger partial charge in [0.25, 0.3) is 5.91 Å². The summed E-state index contributed by atoms with van der Waals surface area (Å²) in [6.45, 7) is 0.273. The number of phenolic OH excluding ortho intramolecular Hbond substituents is 1. The fourth-order valence-corrected chi connectivity index (χ4v) is 3.90. The molecule has 1 amide bonds. The van der Waals surface area contributed by atoms with Gasteiger partial charge in [0.05, 0.1) is 21.8 Å². The zero-order valence-corrected chi connectivity index (χ0v) is 19.3. The van der Waals surface area contributed by atoms with E-state index in [9.17, 15) is 9.90 Å². The minimum atomic E-state index is -0.547. The summed E-state index contributed by atoms with van der Waals surface area (Å²) < 4.78 is 5.75. The molecule has 0 unspecified atom stereocenters. The Morgan fingerprint density at radius 1 is 0.939 bits per heavy atom. The maximum absolute atomic E-state index is 12.5. The number of carbonyl (C=O) groups is 1. The predicted molar refractivity (Wildman–Crippen MR) is 133 cm³/mol. The van der Waals surface area contributed by atoms with E-state index >= 15 is 0 Å². The molecule has 0 heterocycles. The zero-order valence-electron chi connectivity index (χ0n) is 17.1. The minimum absolute atomic E-state index is 0.118. The van der Waals surface area contributed by atoms with E-state index in [2.05, 4.69) is 10.5 Å². The van der Waals surface area contributed by atoms with Crippen molar-refractivity contribution in [2.45, 2.75) is 6.61 Å². The van der Waals surface area contributed by atoms with Crippen molar-refractivity contribution in [1.29, 1.82) is 0 Å². The number of hydrogen-bond donors (Lipinski definition) is 2. The highest BCUT2D eigenvalue weighted by Gasteiger charge is 2.13. The first-order chi connectivity index (χ1) is 15.9. The van der Waals surface area contributed by atoms with E-state index in [0.717, 1.165) is 16.3 Å². The third kappa shape index (κ3) is 5.57. The van der Waals surface area contributed by atoms with Crippen molar-refractivity contribution in [3.63, 3.8) is 0 Å². The van der Waals surface area contributed by atoms with Gasteiger partial charge in [-0.2, -0.15) is 5.10 Å². The van der Waals surface area contributed by atoms with Gasteiger partial charge < -0.3 is 9.84 Å². The molecular formula is C25H17Cl3N2O3. The van der Waals surface area contributed by atoms with Crippen LogP contribution in [0.3, 0.4) is 0 Å². The van der Waals surface area contributed by atoms with E-state index in [-0.39, 0.29) is 17.9 Å². The first-order valence-corrected chi connectivity index (χ1v) is 11.0. The molecule has 0 saturated carbocycles. The number of nitrogens with zero attached hydrogens (tertiary/aromatic N) is 1. The van der Waals surface area contributed by atoms with Gasteiger partial charge in [-0.25, -0.2) is 5.43 Å². The average Bonchev–Trinajstić information content (AvgIpc) is 2.79. The molecule has 33 heavy (non-hydrogen) atoms. The normalized spacial score (nSPS) is 11.1. The summed E-state index contributed by atoms with van der Waals surface area (Å²) in [4.78, 5) is 12.5. The number of ether oxygens (including phenoxy) is 1. The molecule has 166 valence electrons. The van der Waals surface area contributed by atoms with Crippen LogP contribution in [0.5, 0.6) is 11.5 Å². The summed E-state index contributed by atoms with van der Waals surface area (Å²) in [6, 6.07) is 21.0. The first-order valence-electron chi connectivity index (χ1n) is 9.82. The van der Waals surface area contributed by atoms with Gasteiger partial charge in [-0.15, -0.1) is 0 Å². The SMILES string of the molecule is O=C(NN=Cc1cc(Cl)c(OCc2ccc(Cl)cc2)c(Cl)c1)c1cc2ccccc2cc1O. The summed E-state index contributed by atoms with van der Waals surface area (Å²) in [5.74, 6) is -0.333. The molecule has 0 aliphatic heterocycles. The van der Waals surface area contributed by atoms with Crippen LogP contribution in [0.15, 0.2) is 77.9 Å². The van der Waals surface area contributed by atoms with Gasteiger partial charge in [0.15, 0.2) is 5.75 Å². The van der Waals surface area contributed by atoms with Crippen LogP contribution >= 0.6 is 34.8 Å². The lowest BCUT2D eigenvalue weighted by Crippen LogP contribution is -2.17. The molecule has 0 spiro atoms. The van der Waals surface area contributed by atoms with Gasteiger partial charge in [-0.05, 0) is 58.3 Å². The fourth-order valence-electron chi connectivity index (χ4n) is 3.16. The van der Waals surface area contributed by atoms with E-state index < -0.39 is 5.91 Å². The zero-order chi connectivity index (χ0) is 23.4. The highest BCUT2D eigenvalue weighted by Crippen LogP contribution is 2.34. The minimum Gasteiger partial charge on any atom is -0.507 e. The molecule has 0 radical (unpaired) electrons. The molecule has 0 aromatic heterocycles. The van der Waals surface area contributed by atoms with E-state index in [1.54, 1.807) is 30.3 Å². The van der Waals surface area contributed by atoms with E-state index in [0.29, 0.717) is 26.4 Å². The van der Waals surface area contributed by atoms with Crippen molar-refractivity contribution in [1.82, 2.24) is 5.43 Å². The lowest BCUT2D eigenvalue weighted by atomic mass is 10.1. The molecule has 4 aromatic rings. The monoisotopic (exact) mass is 498 g/mol. The maximum Gasteiger partial charge on any atom is 0.275 e. The van der Waals surface area contributed by atoms with Crippen LogP contribution in [0.4, 0.5) is 0 Å². The van der Waals surface area contributed by atoms with Crippen LogP contribution in [0.25, 0.3) is 10.8 Å². The molecule has 2 N–H and O–H groups in total. The summed E-state index contributed by atoms with van der Waals surface area (Å²) in [6.07, 6.45) is 1.40. The average molecular weight is 500 g/mol. The summed E-state index contributed by atoms with van der Waals surface area (Å²) >= 11 is 18.5. The Hall–Kier alpha value is -3.25. The van der Waals surface area contributed by atoms with Gasteiger partial charge in [-0.1, -0.05) is 71.2 Å². The number of hydrazone groups is 1. The lowest BCUT2D eigenvalue weighted by molar-refractivity contribution is 0.0952. The smallest absolute Gasteiger partial charge is 0.275 e. The quantitative estimate of drug-likeness (QED) is 0.225. The number of fused-ring (bicyclic) bond motifs is 1. The highest BCUT2D eigenvalue weighted by atomic mass is 35.5. The molecule has 0 bridgehead atoms. The van der Waals surface area contributed by atoms with Crippen LogP contribution in [0, 0.1) is 0 Å². The van der Waals surface area contributed by atoms with Crippen molar-refractivity contribution in [2.24, 2.45) is 5.10 Å². The van der Waals surface area contributed by atoms with Crippen LogP contribution < -0.4 is 10.2 Å². The summed E-state index contributed by atoms with van der Waals surface area (Å²) in [5.41, 5.74) is 3.99. The molecule has 5 nitrogen and oxygen atoms in total. The second kappa shape index (κ2) is 10.1. The number of nitrogens with one attached hydrogen (secondary N) is 1. The van der Waals surface area contributed by atoms with Gasteiger partial charge in [-0.3, -0.25) is 4.79 Å². The number of carbonyl (C=O) groups excluding carboxylic acids is 1. The molecule has 8 heteroatoms. The molecule has 0 saturated heterocycles. The van der Waals surface area contributed by atoms with Crippen molar-refractivity contribution in [3.05, 3.63) is 105 Å². The van der Waals surface area contributed by atoms with Gasteiger partial charge in [0.2, 0.25) is 0 Å². The van der Waals surface area contributed by atoms with Gasteiger partial charge in [0, 0.05) is 5.02 Å². The summed E-state index contributed by atoms with van der Waals surface area (Å²) in [7, 11) is 0. The van der Waals surface area contributed by atoms with E-state index in [1.807, 2.05) is 36.4 Å². The Balaban J connectivity index is 1.43. The van der Waals surface area contributed by atoms with Crippen molar-refractivity contribution < 1.29 is 14.6 Å². The van der Waals surface area contributed by atoms with Crippen molar-refractivity contribution in [2.75, 3.05) is 0 Å². The lowest BCUT2D eigenvalue weighted by Gasteiger charge is -2.11. The van der Waals surface area contributed by atoms with Crippen molar-refractivity contribution in [3.8, 4) is 11.5 Å². The Morgan fingerprint density at radius 2 is 1.58 bits per heavy atom. The predicted octanol–water partition coefficient (Wildman–Crippen LogP) is 6.85. The van der Waals surface area contributed by atoms with Crippen LogP contribution in [0.1, 0.15) is 21.5 Å².